The standard InChI is InChI=1S/C23H24N4O6.ClH/c1-12-3-6-17(16(9-12)23(31)32-2)27-7-8-33-19(22(27)30)18(28)21(29)26-14-4-5-15-13(10-14)11-25-20(15)24;/h3-6,9-10,18-19,28H,7-8,11H2,1-2H3,(H2,24,25)(H,26,29);1H/t18-,19-;/m1./s1. The van der Waals surface area contributed by atoms with Crippen LogP contribution in [0.4, 0.5) is 11.4 Å². The molecule has 2 aliphatic rings. The zero-order valence-electron chi connectivity index (χ0n) is 18.6. The Bertz CT molecular complexity index is 1170. The predicted molar refractivity (Wildman–Crippen MR) is 127 cm³/mol. The fourth-order valence-electron chi connectivity index (χ4n) is 3.89. The molecule has 0 bridgehead atoms. The van der Waals surface area contributed by atoms with Gasteiger partial charge in [-0.3, -0.25) is 14.6 Å². The minimum Gasteiger partial charge on any atom is -0.465 e. The summed E-state index contributed by atoms with van der Waals surface area (Å²) in [6, 6.07) is 10.1. The van der Waals surface area contributed by atoms with Crippen LogP contribution >= 0.6 is 12.4 Å². The van der Waals surface area contributed by atoms with E-state index in [-0.39, 0.29) is 31.1 Å². The molecule has 180 valence electrons. The summed E-state index contributed by atoms with van der Waals surface area (Å²) in [5.74, 6) is -1.58. The minimum absolute atomic E-state index is 0. The number of hydrogen-bond donors (Lipinski definition) is 3. The number of esters is 1. The maximum atomic E-state index is 13.1. The van der Waals surface area contributed by atoms with Crippen molar-refractivity contribution in [1.82, 2.24) is 0 Å². The van der Waals surface area contributed by atoms with Crippen LogP contribution < -0.4 is 16.0 Å². The number of rotatable bonds is 5. The lowest BCUT2D eigenvalue weighted by molar-refractivity contribution is -0.150. The first-order chi connectivity index (χ1) is 15.8. The van der Waals surface area contributed by atoms with Gasteiger partial charge in [-0.25, -0.2) is 4.79 Å². The van der Waals surface area contributed by atoms with Crippen molar-refractivity contribution in [2.75, 3.05) is 30.5 Å². The number of fused-ring (bicyclic) bond motifs is 1. The van der Waals surface area contributed by atoms with E-state index in [1.165, 1.54) is 12.0 Å². The highest BCUT2D eigenvalue weighted by Gasteiger charge is 2.40. The van der Waals surface area contributed by atoms with Gasteiger partial charge in [-0.1, -0.05) is 11.6 Å². The molecule has 1 fully saturated rings. The fraction of sp³-hybridized carbons (Fsp3) is 0.304. The van der Waals surface area contributed by atoms with Gasteiger partial charge in [-0.2, -0.15) is 0 Å². The second-order valence-corrected chi connectivity index (χ2v) is 7.80. The molecule has 2 aromatic carbocycles. The summed E-state index contributed by atoms with van der Waals surface area (Å²) < 4.78 is 10.3. The number of ether oxygens (including phenoxy) is 2. The van der Waals surface area contributed by atoms with Gasteiger partial charge in [0.05, 0.1) is 31.5 Å². The van der Waals surface area contributed by atoms with Crippen molar-refractivity contribution >= 4 is 47.4 Å². The monoisotopic (exact) mass is 488 g/mol. The van der Waals surface area contributed by atoms with E-state index in [2.05, 4.69) is 10.3 Å². The third-order valence-corrected chi connectivity index (χ3v) is 5.59. The average molecular weight is 489 g/mol. The number of morpholine rings is 1. The molecule has 0 saturated carbocycles. The van der Waals surface area contributed by atoms with Gasteiger partial charge in [0.2, 0.25) is 0 Å². The second kappa shape index (κ2) is 10.2. The topological polar surface area (TPSA) is 144 Å². The molecule has 1 saturated heterocycles. The Labute approximate surface area is 202 Å². The lowest BCUT2D eigenvalue weighted by atomic mass is 10.0. The van der Waals surface area contributed by atoms with Crippen molar-refractivity contribution in [3.05, 3.63) is 58.7 Å². The van der Waals surface area contributed by atoms with E-state index >= 15 is 0 Å². The Hall–Kier alpha value is -3.47. The average Bonchev–Trinajstić information content (AvgIpc) is 3.18. The highest BCUT2D eigenvalue weighted by molar-refractivity contribution is 6.07. The van der Waals surface area contributed by atoms with E-state index in [0.29, 0.717) is 23.8 Å². The molecule has 0 aromatic heterocycles. The molecule has 2 aliphatic heterocycles. The maximum absolute atomic E-state index is 13.1. The summed E-state index contributed by atoms with van der Waals surface area (Å²) in [6.07, 6.45) is -3.19. The number of hydrogen-bond acceptors (Lipinski definition) is 8. The fourth-order valence-corrected chi connectivity index (χ4v) is 3.89. The summed E-state index contributed by atoms with van der Waals surface area (Å²) >= 11 is 0. The summed E-state index contributed by atoms with van der Waals surface area (Å²) in [5.41, 5.74) is 9.25. The number of amidine groups is 1. The van der Waals surface area contributed by atoms with Gasteiger partial charge >= 0.3 is 5.97 Å². The number of aryl methyl sites for hydroxylation is 1. The molecule has 0 unspecified atom stereocenters. The Morgan fingerprint density at radius 3 is 2.79 bits per heavy atom. The highest BCUT2D eigenvalue weighted by Crippen LogP contribution is 2.27. The highest BCUT2D eigenvalue weighted by atomic mass is 35.5. The molecule has 0 radical (unpaired) electrons. The van der Waals surface area contributed by atoms with Crippen molar-refractivity contribution in [2.24, 2.45) is 10.7 Å². The van der Waals surface area contributed by atoms with E-state index in [1.54, 1.807) is 36.4 Å². The summed E-state index contributed by atoms with van der Waals surface area (Å²) in [6.45, 7) is 2.45. The lowest BCUT2D eigenvalue weighted by Crippen LogP contribution is -2.55. The number of amides is 2. The van der Waals surface area contributed by atoms with Gasteiger partial charge in [0, 0.05) is 17.8 Å². The molecule has 2 aromatic rings. The number of nitrogens with zero attached hydrogens (tertiary/aromatic N) is 2. The summed E-state index contributed by atoms with van der Waals surface area (Å²) in [4.78, 5) is 43.5. The number of carbonyl (C=O) groups excluding carboxylic acids is 3. The van der Waals surface area contributed by atoms with E-state index in [4.69, 9.17) is 15.2 Å². The molecule has 0 aliphatic carbocycles. The number of halogens is 1. The summed E-state index contributed by atoms with van der Waals surface area (Å²) in [7, 11) is 1.26. The number of nitrogens with two attached hydrogens (primary N) is 1. The molecule has 4 rings (SSSR count). The van der Waals surface area contributed by atoms with Crippen molar-refractivity contribution in [1.29, 1.82) is 0 Å². The van der Waals surface area contributed by atoms with Crippen molar-refractivity contribution in [3.63, 3.8) is 0 Å². The molecular formula is C23H25ClN4O6. The number of methoxy groups -OCH3 is 1. The molecule has 0 spiro atoms. The Morgan fingerprint density at radius 1 is 1.29 bits per heavy atom. The largest absolute Gasteiger partial charge is 0.465 e. The van der Waals surface area contributed by atoms with Crippen LogP contribution in [0, 0.1) is 6.92 Å². The first-order valence-electron chi connectivity index (χ1n) is 10.3. The van der Waals surface area contributed by atoms with Crippen molar-refractivity contribution in [3.8, 4) is 0 Å². The second-order valence-electron chi connectivity index (χ2n) is 7.80. The number of aliphatic hydroxyl groups excluding tert-OH is 1. The minimum atomic E-state index is -1.76. The van der Waals surface area contributed by atoms with E-state index < -0.39 is 30.0 Å². The Balaban J connectivity index is 0.00000324. The van der Waals surface area contributed by atoms with Gasteiger partial charge in [0.25, 0.3) is 11.8 Å². The van der Waals surface area contributed by atoms with Crippen LogP contribution in [-0.4, -0.2) is 61.2 Å². The lowest BCUT2D eigenvalue weighted by Gasteiger charge is -2.34. The zero-order valence-corrected chi connectivity index (χ0v) is 19.4. The van der Waals surface area contributed by atoms with Crippen molar-refractivity contribution < 1.29 is 29.0 Å². The maximum Gasteiger partial charge on any atom is 0.339 e. The van der Waals surface area contributed by atoms with E-state index in [9.17, 15) is 19.5 Å². The van der Waals surface area contributed by atoms with Crippen LogP contribution in [0.25, 0.3) is 0 Å². The quantitative estimate of drug-likeness (QED) is 0.535. The number of benzene rings is 2. The van der Waals surface area contributed by atoms with Crippen LogP contribution in [0.2, 0.25) is 0 Å². The van der Waals surface area contributed by atoms with Crippen LogP contribution in [0.5, 0.6) is 0 Å². The van der Waals surface area contributed by atoms with E-state index in [0.717, 1.165) is 16.7 Å². The molecule has 10 nitrogen and oxygen atoms in total. The van der Waals surface area contributed by atoms with Crippen LogP contribution in [0.15, 0.2) is 41.4 Å². The molecule has 2 amide bonds. The molecule has 2 heterocycles. The number of aliphatic imine (C=N–C) groups is 1. The smallest absolute Gasteiger partial charge is 0.339 e. The van der Waals surface area contributed by atoms with Gasteiger partial charge in [0.1, 0.15) is 5.84 Å². The Kier molecular flexibility index (Phi) is 7.55. The number of aliphatic hydroxyl groups is 1. The molecular weight excluding hydrogens is 464 g/mol. The van der Waals surface area contributed by atoms with Crippen molar-refractivity contribution in [2.45, 2.75) is 25.7 Å². The first kappa shape index (κ1) is 25.2. The molecule has 34 heavy (non-hydrogen) atoms. The molecule has 2 atom stereocenters. The first-order valence-corrected chi connectivity index (χ1v) is 10.3. The molecule has 4 N–H and O–H groups in total. The van der Waals surface area contributed by atoms with E-state index in [1.807, 2.05) is 6.92 Å². The normalized spacial score (nSPS) is 17.9. The number of nitrogens with one attached hydrogen (secondary N) is 1. The third-order valence-electron chi connectivity index (χ3n) is 5.59. The zero-order chi connectivity index (χ0) is 23.7. The third kappa shape index (κ3) is 4.74. The SMILES string of the molecule is COC(=O)c1cc(C)ccc1N1CCO[C@H]([C@@H](O)C(=O)Nc2ccc3c(c2)CN=C3N)C1=O.Cl. The van der Waals surface area contributed by atoms with Gasteiger partial charge in [-0.15, -0.1) is 12.4 Å². The predicted octanol–water partition coefficient (Wildman–Crippen LogP) is 1.15. The van der Waals surface area contributed by atoms with Gasteiger partial charge < -0.3 is 30.5 Å². The van der Waals surface area contributed by atoms with Crippen LogP contribution in [0.3, 0.4) is 0 Å². The van der Waals surface area contributed by atoms with Gasteiger partial charge in [0.15, 0.2) is 12.2 Å². The number of anilines is 2. The summed E-state index contributed by atoms with van der Waals surface area (Å²) in [5, 5.41) is 13.2. The molecule has 11 heteroatoms. The van der Waals surface area contributed by atoms with Crippen LogP contribution in [0.1, 0.15) is 27.0 Å². The van der Waals surface area contributed by atoms with Crippen LogP contribution in [-0.2, 0) is 25.6 Å². The number of carbonyl (C=O) groups is 3. The van der Waals surface area contributed by atoms with Gasteiger partial charge in [-0.05, 0) is 42.8 Å². The Morgan fingerprint density at radius 2 is 2.06 bits per heavy atom.